The first kappa shape index (κ1) is 25.0. The van der Waals surface area contributed by atoms with E-state index < -0.39 is 29.2 Å². The molecule has 3 amide bonds. The number of para-hydroxylation sites is 2. The first-order valence-corrected chi connectivity index (χ1v) is 10.9. The highest BCUT2D eigenvalue weighted by molar-refractivity contribution is 6.03. The lowest BCUT2D eigenvalue weighted by molar-refractivity contribution is -0.147. The summed E-state index contributed by atoms with van der Waals surface area (Å²) in [6.07, 6.45) is 1.54. The van der Waals surface area contributed by atoms with Crippen molar-refractivity contribution in [2.24, 2.45) is 0 Å². The highest BCUT2D eigenvalue weighted by Crippen LogP contribution is 2.28. The summed E-state index contributed by atoms with van der Waals surface area (Å²) < 4.78 is 35.9. The normalized spacial score (nSPS) is 10.9. The Bertz CT molecular complexity index is 1420. The molecule has 187 valence electrons. The second-order valence-corrected chi connectivity index (χ2v) is 7.62. The van der Waals surface area contributed by atoms with E-state index in [1.54, 1.807) is 23.8 Å². The summed E-state index contributed by atoms with van der Waals surface area (Å²) in [6, 6.07) is 22.3. The van der Waals surface area contributed by atoms with Crippen molar-refractivity contribution in [3.05, 3.63) is 108 Å². The Kier molecular flexibility index (Phi) is 7.23. The third-order valence-electron chi connectivity index (χ3n) is 5.22. The van der Waals surface area contributed by atoms with Gasteiger partial charge >= 0.3 is 11.8 Å². The van der Waals surface area contributed by atoms with Crippen molar-refractivity contribution in [2.45, 2.75) is 5.92 Å². The van der Waals surface area contributed by atoms with E-state index in [-0.39, 0.29) is 22.7 Å². The molecule has 0 aliphatic rings. The number of rotatable bonds is 7. The van der Waals surface area contributed by atoms with E-state index in [1.165, 1.54) is 23.9 Å². The fraction of sp³-hybridized carbons (Fsp3) is 0.0769. The van der Waals surface area contributed by atoms with Gasteiger partial charge in [-0.1, -0.05) is 42.5 Å². The quantitative estimate of drug-likeness (QED) is 0.334. The van der Waals surface area contributed by atoms with E-state index in [1.807, 2.05) is 35.8 Å². The Balaban J connectivity index is 1.37. The molecule has 9 nitrogen and oxygen atoms in total. The van der Waals surface area contributed by atoms with Gasteiger partial charge in [-0.2, -0.15) is 8.78 Å². The number of nitrogens with zero attached hydrogens (tertiary/aromatic N) is 2. The Morgan fingerprint density at radius 2 is 1.57 bits per heavy atom. The van der Waals surface area contributed by atoms with Gasteiger partial charge < -0.3 is 10.1 Å². The molecule has 4 rings (SSSR count). The molecule has 0 unspecified atom stereocenters. The van der Waals surface area contributed by atoms with Gasteiger partial charge in [0.15, 0.2) is 5.82 Å². The van der Waals surface area contributed by atoms with E-state index in [4.69, 9.17) is 4.74 Å². The SMILES string of the molecule is COc1ccccc1C(=O)NNC(=O)C(F)(F)c1ccc(C(=O)Nc2[c]cn(-c3ccccc3)n2)cc1. The van der Waals surface area contributed by atoms with Crippen molar-refractivity contribution in [1.82, 2.24) is 20.6 Å². The van der Waals surface area contributed by atoms with Crippen LogP contribution in [0.3, 0.4) is 0 Å². The molecule has 0 saturated heterocycles. The molecule has 0 aliphatic heterocycles. The number of halogens is 2. The van der Waals surface area contributed by atoms with Crippen LogP contribution in [0, 0.1) is 6.07 Å². The van der Waals surface area contributed by atoms with Crippen LogP contribution < -0.4 is 20.9 Å². The topological polar surface area (TPSA) is 114 Å². The third-order valence-corrected chi connectivity index (χ3v) is 5.22. The molecule has 1 heterocycles. The van der Waals surface area contributed by atoms with Gasteiger partial charge in [-0.3, -0.25) is 25.2 Å². The highest BCUT2D eigenvalue weighted by Gasteiger charge is 2.41. The molecule has 0 spiro atoms. The molecule has 3 N–H and O–H groups in total. The summed E-state index contributed by atoms with van der Waals surface area (Å²) in [6.45, 7) is 0. The maximum Gasteiger partial charge on any atom is 0.351 e. The fourth-order valence-electron chi connectivity index (χ4n) is 3.30. The molecule has 0 atom stereocenters. The summed E-state index contributed by atoms with van der Waals surface area (Å²) in [4.78, 5) is 36.9. The second-order valence-electron chi connectivity index (χ2n) is 7.62. The van der Waals surface area contributed by atoms with Gasteiger partial charge in [0.25, 0.3) is 11.8 Å². The number of alkyl halides is 2. The minimum Gasteiger partial charge on any atom is -0.496 e. The maximum atomic E-state index is 14.7. The van der Waals surface area contributed by atoms with E-state index in [0.29, 0.717) is 0 Å². The summed E-state index contributed by atoms with van der Waals surface area (Å²) in [5.74, 6) is -6.83. The molecule has 0 bridgehead atoms. The predicted molar refractivity (Wildman–Crippen MR) is 129 cm³/mol. The van der Waals surface area contributed by atoms with Crippen LogP contribution in [0.4, 0.5) is 14.6 Å². The van der Waals surface area contributed by atoms with Gasteiger partial charge in [0.2, 0.25) is 0 Å². The molecule has 11 heteroatoms. The van der Waals surface area contributed by atoms with Crippen LogP contribution in [0.1, 0.15) is 26.3 Å². The van der Waals surface area contributed by atoms with Gasteiger partial charge in [0.1, 0.15) is 5.75 Å². The van der Waals surface area contributed by atoms with Gasteiger partial charge in [-0.15, -0.1) is 5.10 Å². The number of hydrazine groups is 1. The zero-order chi connectivity index (χ0) is 26.4. The monoisotopic (exact) mass is 504 g/mol. The lowest BCUT2D eigenvalue weighted by atomic mass is 10.1. The van der Waals surface area contributed by atoms with Gasteiger partial charge in [-0.05, 0) is 36.4 Å². The Morgan fingerprint density at radius 1 is 0.892 bits per heavy atom. The average Bonchev–Trinajstić information content (AvgIpc) is 3.40. The highest BCUT2D eigenvalue weighted by atomic mass is 19.3. The van der Waals surface area contributed by atoms with Crippen molar-refractivity contribution in [1.29, 1.82) is 0 Å². The number of methoxy groups -OCH3 is 1. The molecular formula is C26H20F2N5O4. The lowest BCUT2D eigenvalue weighted by Crippen LogP contribution is -2.48. The minimum absolute atomic E-state index is 0.0508. The Morgan fingerprint density at radius 3 is 2.27 bits per heavy atom. The molecule has 0 aliphatic carbocycles. The molecule has 4 aromatic rings. The molecule has 37 heavy (non-hydrogen) atoms. The standard InChI is InChI=1S/C26H20F2N5O4/c1-37-21-10-6-5-9-20(21)24(35)30-31-25(36)26(27,28)18-13-11-17(12-14-18)23(34)29-22-15-16-33(32-22)19-7-3-2-4-8-19/h2-14,16H,1H3,(H,30,35)(H,31,36)(H,29,32,34). The van der Waals surface area contributed by atoms with Crippen LogP contribution in [0.15, 0.2) is 85.1 Å². The number of ether oxygens (including phenoxy) is 1. The molecule has 1 radical (unpaired) electrons. The zero-order valence-electron chi connectivity index (χ0n) is 19.4. The Hall–Kier alpha value is -5.06. The van der Waals surface area contributed by atoms with Crippen LogP contribution in [0.5, 0.6) is 5.75 Å². The van der Waals surface area contributed by atoms with Crippen molar-refractivity contribution in [2.75, 3.05) is 12.4 Å². The number of carbonyl (C=O) groups excluding carboxylic acids is 3. The van der Waals surface area contributed by atoms with Crippen molar-refractivity contribution < 1.29 is 27.9 Å². The van der Waals surface area contributed by atoms with E-state index in [2.05, 4.69) is 16.5 Å². The first-order chi connectivity index (χ1) is 17.8. The number of anilines is 1. The summed E-state index contributed by atoms with van der Waals surface area (Å²) in [5.41, 5.74) is 3.87. The molecule has 0 saturated carbocycles. The number of hydrogen-bond acceptors (Lipinski definition) is 5. The summed E-state index contributed by atoms with van der Waals surface area (Å²) in [5, 5.41) is 6.74. The number of hydrogen-bond donors (Lipinski definition) is 3. The van der Waals surface area contributed by atoms with Crippen molar-refractivity contribution in [3.63, 3.8) is 0 Å². The number of amides is 3. The first-order valence-electron chi connectivity index (χ1n) is 10.9. The number of nitrogens with one attached hydrogen (secondary N) is 3. The zero-order valence-corrected chi connectivity index (χ0v) is 19.4. The fourth-order valence-corrected chi connectivity index (χ4v) is 3.30. The van der Waals surface area contributed by atoms with Crippen LogP contribution in [-0.4, -0.2) is 34.6 Å². The molecule has 1 aromatic heterocycles. The predicted octanol–water partition coefficient (Wildman–Crippen LogP) is 3.49. The van der Waals surface area contributed by atoms with Crippen LogP contribution in [0.25, 0.3) is 5.69 Å². The molecule has 0 fully saturated rings. The number of aromatic nitrogens is 2. The Labute approximate surface area is 210 Å². The average molecular weight is 504 g/mol. The maximum absolute atomic E-state index is 14.7. The van der Waals surface area contributed by atoms with Gasteiger partial charge in [0.05, 0.1) is 24.4 Å². The van der Waals surface area contributed by atoms with Gasteiger partial charge in [-0.25, -0.2) is 4.68 Å². The van der Waals surface area contributed by atoms with E-state index in [0.717, 1.165) is 30.0 Å². The largest absolute Gasteiger partial charge is 0.496 e. The molecular weight excluding hydrogens is 484 g/mol. The van der Waals surface area contributed by atoms with E-state index in [9.17, 15) is 23.2 Å². The van der Waals surface area contributed by atoms with Gasteiger partial charge in [0, 0.05) is 17.3 Å². The lowest BCUT2D eigenvalue weighted by Gasteiger charge is -2.17. The van der Waals surface area contributed by atoms with Crippen molar-refractivity contribution in [3.8, 4) is 11.4 Å². The summed E-state index contributed by atoms with van der Waals surface area (Å²) >= 11 is 0. The third kappa shape index (κ3) is 5.61. The van der Waals surface area contributed by atoms with E-state index >= 15 is 0 Å². The number of benzene rings is 3. The molecule has 3 aromatic carbocycles. The number of carbonyl (C=O) groups is 3. The minimum atomic E-state index is -3.99. The van der Waals surface area contributed by atoms with Crippen LogP contribution in [0.2, 0.25) is 0 Å². The summed E-state index contributed by atoms with van der Waals surface area (Å²) in [7, 11) is 1.35. The smallest absolute Gasteiger partial charge is 0.351 e. The van der Waals surface area contributed by atoms with Crippen LogP contribution >= 0.6 is 0 Å². The van der Waals surface area contributed by atoms with Crippen molar-refractivity contribution >= 4 is 23.5 Å². The van der Waals surface area contributed by atoms with Crippen LogP contribution in [-0.2, 0) is 10.7 Å². The second kappa shape index (κ2) is 10.7.